The van der Waals surface area contributed by atoms with Crippen LogP contribution < -0.4 is 10.0 Å². The fraction of sp³-hybridized carbons (Fsp3) is 0.148. The fourth-order valence-electron chi connectivity index (χ4n) is 3.74. The van der Waals surface area contributed by atoms with Crippen LogP contribution in [0, 0.1) is 6.92 Å². The lowest BCUT2D eigenvalue weighted by molar-refractivity contribution is 0.0916. The Kier molecular flexibility index (Phi) is 6.95. The maximum absolute atomic E-state index is 13.1. The van der Waals surface area contributed by atoms with Gasteiger partial charge in [0.1, 0.15) is 0 Å². The Morgan fingerprint density at radius 1 is 0.882 bits per heavy atom. The van der Waals surface area contributed by atoms with Crippen molar-refractivity contribution in [2.24, 2.45) is 0 Å². The molecule has 3 N–H and O–H groups in total. The minimum atomic E-state index is -3.86. The van der Waals surface area contributed by atoms with E-state index in [2.05, 4.69) is 10.0 Å². The SMILES string of the molecule is Cc1ccc(C(=O)NC(CO)Cc2ccccc2)cc1NS(=O)(=O)c1ccc2ccccc2c1. The standard InChI is InChI=1S/C27H26N2O4S/c1-19-11-12-23(27(31)28-24(18-30)15-20-7-3-2-4-8-20)17-26(19)29-34(32,33)25-14-13-21-9-5-6-10-22(21)16-25/h2-14,16-17,24,29-30H,15,18H2,1H3,(H,28,31). The molecule has 174 valence electrons. The Balaban J connectivity index is 1.53. The van der Waals surface area contributed by atoms with E-state index < -0.39 is 16.1 Å². The Morgan fingerprint density at radius 2 is 1.59 bits per heavy atom. The van der Waals surface area contributed by atoms with Gasteiger partial charge in [0.25, 0.3) is 15.9 Å². The number of aliphatic hydroxyl groups excluding tert-OH is 1. The monoisotopic (exact) mass is 474 g/mol. The largest absolute Gasteiger partial charge is 0.394 e. The van der Waals surface area contributed by atoms with Crippen molar-refractivity contribution in [3.63, 3.8) is 0 Å². The van der Waals surface area contributed by atoms with Crippen molar-refractivity contribution in [1.82, 2.24) is 5.32 Å². The molecule has 7 heteroatoms. The van der Waals surface area contributed by atoms with Gasteiger partial charge in [0.15, 0.2) is 0 Å². The minimum absolute atomic E-state index is 0.142. The second-order valence-electron chi connectivity index (χ2n) is 8.19. The van der Waals surface area contributed by atoms with Crippen LogP contribution >= 0.6 is 0 Å². The third-order valence-corrected chi connectivity index (χ3v) is 7.02. The van der Waals surface area contributed by atoms with E-state index in [4.69, 9.17) is 0 Å². The first-order valence-electron chi connectivity index (χ1n) is 10.9. The van der Waals surface area contributed by atoms with Crippen LogP contribution in [0.5, 0.6) is 0 Å². The maximum Gasteiger partial charge on any atom is 0.261 e. The molecule has 0 aromatic heterocycles. The summed E-state index contributed by atoms with van der Waals surface area (Å²) in [6, 6.07) is 26.4. The highest BCUT2D eigenvalue weighted by molar-refractivity contribution is 7.92. The molecule has 4 aromatic carbocycles. The molecule has 0 aliphatic rings. The second kappa shape index (κ2) is 10.1. The van der Waals surface area contributed by atoms with E-state index in [1.54, 1.807) is 37.3 Å². The molecule has 0 saturated carbocycles. The molecule has 0 saturated heterocycles. The number of carbonyl (C=O) groups excluding carboxylic acids is 1. The summed E-state index contributed by atoms with van der Waals surface area (Å²) in [5.41, 5.74) is 2.30. The van der Waals surface area contributed by atoms with Gasteiger partial charge in [-0.05, 0) is 59.5 Å². The fourth-order valence-corrected chi connectivity index (χ4v) is 4.90. The molecule has 0 spiro atoms. The van der Waals surface area contributed by atoms with E-state index in [-0.39, 0.29) is 17.4 Å². The number of fused-ring (bicyclic) bond motifs is 1. The average Bonchev–Trinajstić information content (AvgIpc) is 2.85. The van der Waals surface area contributed by atoms with Gasteiger partial charge in [0.2, 0.25) is 0 Å². The summed E-state index contributed by atoms with van der Waals surface area (Å²) in [4.78, 5) is 13.0. The summed E-state index contributed by atoms with van der Waals surface area (Å²) >= 11 is 0. The number of benzene rings is 4. The van der Waals surface area contributed by atoms with Crippen LogP contribution in [0.4, 0.5) is 5.69 Å². The van der Waals surface area contributed by atoms with Gasteiger partial charge in [0, 0.05) is 5.56 Å². The molecule has 4 rings (SSSR count). The van der Waals surface area contributed by atoms with E-state index in [1.165, 1.54) is 6.07 Å². The Labute approximate surface area is 199 Å². The molecule has 4 aromatic rings. The molecule has 0 aliphatic carbocycles. The van der Waals surface area contributed by atoms with Gasteiger partial charge >= 0.3 is 0 Å². The van der Waals surface area contributed by atoms with E-state index in [0.29, 0.717) is 23.2 Å². The average molecular weight is 475 g/mol. The van der Waals surface area contributed by atoms with Crippen molar-refractivity contribution in [1.29, 1.82) is 0 Å². The minimum Gasteiger partial charge on any atom is -0.394 e. The number of aryl methyl sites for hydroxylation is 1. The summed E-state index contributed by atoms with van der Waals surface area (Å²) in [5.74, 6) is -0.388. The van der Waals surface area contributed by atoms with Crippen LogP contribution in [0.3, 0.4) is 0 Å². The molecular formula is C27H26N2O4S. The van der Waals surface area contributed by atoms with Gasteiger partial charge in [-0.2, -0.15) is 0 Å². The number of nitrogens with one attached hydrogen (secondary N) is 2. The van der Waals surface area contributed by atoms with Crippen LogP contribution in [0.1, 0.15) is 21.5 Å². The summed E-state index contributed by atoms with van der Waals surface area (Å²) in [7, 11) is -3.86. The van der Waals surface area contributed by atoms with Gasteiger partial charge in [0.05, 0.1) is 23.2 Å². The van der Waals surface area contributed by atoms with Gasteiger partial charge in [-0.25, -0.2) is 8.42 Å². The predicted molar refractivity (Wildman–Crippen MR) is 134 cm³/mol. The smallest absolute Gasteiger partial charge is 0.261 e. The Bertz CT molecular complexity index is 1420. The molecule has 0 radical (unpaired) electrons. The number of anilines is 1. The van der Waals surface area contributed by atoms with Crippen molar-refractivity contribution >= 4 is 32.4 Å². The van der Waals surface area contributed by atoms with Gasteiger partial charge < -0.3 is 10.4 Å². The number of amides is 1. The van der Waals surface area contributed by atoms with E-state index in [1.807, 2.05) is 54.6 Å². The molecular weight excluding hydrogens is 448 g/mol. The van der Waals surface area contributed by atoms with Crippen molar-refractivity contribution in [2.75, 3.05) is 11.3 Å². The molecule has 1 amide bonds. The van der Waals surface area contributed by atoms with Crippen molar-refractivity contribution < 1.29 is 18.3 Å². The summed E-state index contributed by atoms with van der Waals surface area (Å²) in [5, 5.41) is 14.3. The summed E-state index contributed by atoms with van der Waals surface area (Å²) in [6.07, 6.45) is 0.483. The lowest BCUT2D eigenvalue weighted by Gasteiger charge is -2.17. The molecule has 6 nitrogen and oxygen atoms in total. The molecule has 1 unspecified atom stereocenters. The van der Waals surface area contributed by atoms with Crippen LogP contribution in [-0.2, 0) is 16.4 Å². The van der Waals surface area contributed by atoms with Crippen molar-refractivity contribution in [3.8, 4) is 0 Å². The summed E-state index contributed by atoms with van der Waals surface area (Å²) < 4.78 is 28.7. The predicted octanol–water partition coefficient (Wildman–Crippen LogP) is 4.28. The van der Waals surface area contributed by atoms with E-state index in [0.717, 1.165) is 16.3 Å². The number of hydrogen-bond donors (Lipinski definition) is 3. The molecule has 34 heavy (non-hydrogen) atoms. The number of aliphatic hydroxyl groups is 1. The Hall–Kier alpha value is -3.68. The van der Waals surface area contributed by atoms with Gasteiger partial charge in [-0.1, -0.05) is 66.7 Å². The quantitative estimate of drug-likeness (QED) is 0.355. The normalized spacial score (nSPS) is 12.3. The van der Waals surface area contributed by atoms with E-state index in [9.17, 15) is 18.3 Å². The first-order chi connectivity index (χ1) is 16.4. The van der Waals surface area contributed by atoms with Crippen molar-refractivity contribution in [3.05, 3.63) is 108 Å². The number of carbonyl (C=O) groups is 1. The number of hydrogen-bond acceptors (Lipinski definition) is 4. The maximum atomic E-state index is 13.1. The molecule has 0 fully saturated rings. The van der Waals surface area contributed by atoms with Crippen LogP contribution in [0.15, 0.2) is 95.9 Å². The lowest BCUT2D eigenvalue weighted by Crippen LogP contribution is -2.39. The molecule has 0 bridgehead atoms. The van der Waals surface area contributed by atoms with Gasteiger partial charge in [-0.3, -0.25) is 9.52 Å². The van der Waals surface area contributed by atoms with Crippen molar-refractivity contribution in [2.45, 2.75) is 24.3 Å². The highest BCUT2D eigenvalue weighted by atomic mass is 32.2. The Morgan fingerprint density at radius 3 is 2.32 bits per heavy atom. The lowest BCUT2D eigenvalue weighted by atomic mass is 10.1. The highest BCUT2D eigenvalue weighted by Crippen LogP contribution is 2.24. The zero-order valence-corrected chi connectivity index (χ0v) is 19.5. The molecule has 0 aliphatic heterocycles. The van der Waals surface area contributed by atoms with Crippen LogP contribution in [0.2, 0.25) is 0 Å². The number of sulfonamides is 1. The van der Waals surface area contributed by atoms with Crippen LogP contribution in [-0.4, -0.2) is 32.1 Å². The first-order valence-corrected chi connectivity index (χ1v) is 12.4. The first kappa shape index (κ1) is 23.5. The topological polar surface area (TPSA) is 95.5 Å². The second-order valence-corrected chi connectivity index (χ2v) is 9.87. The molecule has 1 atom stereocenters. The third-order valence-electron chi connectivity index (χ3n) is 5.66. The summed E-state index contributed by atoms with van der Waals surface area (Å²) in [6.45, 7) is 1.56. The zero-order valence-electron chi connectivity index (χ0n) is 18.7. The third kappa shape index (κ3) is 5.44. The molecule has 0 heterocycles. The highest BCUT2D eigenvalue weighted by Gasteiger charge is 2.19. The van der Waals surface area contributed by atoms with Gasteiger partial charge in [-0.15, -0.1) is 0 Å². The number of rotatable bonds is 8. The zero-order chi connectivity index (χ0) is 24.1. The van der Waals surface area contributed by atoms with E-state index >= 15 is 0 Å². The van der Waals surface area contributed by atoms with Crippen LogP contribution in [0.25, 0.3) is 10.8 Å².